The number of rotatable bonds is 5. The van der Waals surface area contributed by atoms with E-state index >= 15 is 0 Å². The van der Waals surface area contributed by atoms with Crippen molar-refractivity contribution >= 4 is 23.4 Å². The predicted molar refractivity (Wildman–Crippen MR) is 111 cm³/mol. The van der Waals surface area contributed by atoms with Crippen LogP contribution in [0.2, 0.25) is 5.02 Å². The molecule has 29 heavy (non-hydrogen) atoms. The summed E-state index contributed by atoms with van der Waals surface area (Å²) in [6, 6.07) is 9.88. The van der Waals surface area contributed by atoms with Crippen molar-refractivity contribution in [1.82, 2.24) is 15.2 Å². The van der Waals surface area contributed by atoms with Gasteiger partial charge in [0.25, 0.3) is 5.91 Å². The number of pyridine rings is 1. The molecule has 1 fully saturated rings. The van der Waals surface area contributed by atoms with Crippen molar-refractivity contribution in [3.63, 3.8) is 0 Å². The van der Waals surface area contributed by atoms with Crippen LogP contribution in [0.5, 0.6) is 0 Å². The fourth-order valence-corrected chi connectivity index (χ4v) is 3.70. The zero-order valence-electron chi connectivity index (χ0n) is 16.6. The largest absolute Gasteiger partial charge is 0.385 e. The molecular formula is C22H26ClN3O3. The van der Waals surface area contributed by atoms with Crippen molar-refractivity contribution in [2.75, 3.05) is 13.1 Å². The van der Waals surface area contributed by atoms with Gasteiger partial charge in [-0.15, -0.1) is 0 Å². The SMILES string of the molecule is CC(C)[C@@H](NC(=O)c1cccnc1)C(=O)N1CCC(O)(c2ccc(Cl)cc2)CC1. The summed E-state index contributed by atoms with van der Waals surface area (Å²) >= 11 is 5.94. The van der Waals surface area contributed by atoms with Gasteiger partial charge in [-0.05, 0) is 48.6 Å². The fourth-order valence-electron chi connectivity index (χ4n) is 3.58. The molecular weight excluding hydrogens is 390 g/mol. The van der Waals surface area contributed by atoms with Crippen LogP contribution in [0.15, 0.2) is 48.8 Å². The maximum absolute atomic E-state index is 13.1. The van der Waals surface area contributed by atoms with E-state index in [1.807, 2.05) is 26.0 Å². The van der Waals surface area contributed by atoms with Crippen LogP contribution in [0, 0.1) is 5.92 Å². The molecule has 1 aliphatic heterocycles. The summed E-state index contributed by atoms with van der Waals surface area (Å²) in [5.74, 6) is -0.518. The van der Waals surface area contributed by atoms with Crippen molar-refractivity contribution in [2.45, 2.75) is 38.3 Å². The topological polar surface area (TPSA) is 82.5 Å². The number of piperidine rings is 1. The standard InChI is InChI=1S/C22H26ClN3O3/c1-15(2)19(25-20(27)16-4-3-11-24-14-16)21(28)26-12-9-22(29,10-13-26)17-5-7-18(23)8-6-17/h3-8,11,14-15,19,29H,9-10,12-13H2,1-2H3,(H,25,27)/t19-/m1/s1. The first-order valence-corrected chi connectivity index (χ1v) is 10.2. The summed E-state index contributed by atoms with van der Waals surface area (Å²) in [7, 11) is 0. The maximum Gasteiger partial charge on any atom is 0.253 e. The molecule has 0 unspecified atom stereocenters. The number of likely N-dealkylation sites (tertiary alicyclic amines) is 1. The van der Waals surface area contributed by atoms with Gasteiger partial charge in [-0.2, -0.15) is 0 Å². The summed E-state index contributed by atoms with van der Waals surface area (Å²) in [6.07, 6.45) is 3.94. The number of carbonyl (C=O) groups excluding carboxylic acids is 2. The lowest BCUT2D eigenvalue weighted by Crippen LogP contribution is -2.54. The second-order valence-electron chi connectivity index (χ2n) is 7.80. The number of nitrogens with zero attached hydrogens (tertiary/aromatic N) is 2. The zero-order chi connectivity index (χ0) is 21.0. The summed E-state index contributed by atoms with van der Waals surface area (Å²) in [4.78, 5) is 31.3. The van der Waals surface area contributed by atoms with Crippen LogP contribution in [0.4, 0.5) is 0 Å². The number of amides is 2. The van der Waals surface area contributed by atoms with Gasteiger partial charge in [-0.25, -0.2) is 0 Å². The minimum atomic E-state index is -0.979. The van der Waals surface area contributed by atoms with Gasteiger partial charge in [0.05, 0.1) is 11.2 Å². The minimum absolute atomic E-state index is 0.0693. The highest BCUT2D eigenvalue weighted by Gasteiger charge is 2.38. The van der Waals surface area contributed by atoms with E-state index in [4.69, 9.17) is 11.6 Å². The summed E-state index contributed by atoms with van der Waals surface area (Å²) in [5.41, 5.74) is 0.245. The third kappa shape index (κ3) is 4.95. The molecule has 2 heterocycles. The van der Waals surface area contributed by atoms with E-state index in [9.17, 15) is 14.7 Å². The van der Waals surface area contributed by atoms with Crippen LogP contribution in [0.3, 0.4) is 0 Å². The second-order valence-corrected chi connectivity index (χ2v) is 8.24. The van der Waals surface area contributed by atoms with Gasteiger partial charge in [-0.3, -0.25) is 14.6 Å². The Morgan fingerprint density at radius 2 is 1.83 bits per heavy atom. The molecule has 0 aliphatic carbocycles. The Morgan fingerprint density at radius 3 is 2.38 bits per heavy atom. The van der Waals surface area contributed by atoms with E-state index in [2.05, 4.69) is 10.3 Å². The average molecular weight is 416 g/mol. The Hall–Kier alpha value is -2.44. The lowest BCUT2D eigenvalue weighted by atomic mass is 9.84. The van der Waals surface area contributed by atoms with Gasteiger partial charge >= 0.3 is 0 Å². The summed E-state index contributed by atoms with van der Waals surface area (Å²) in [5, 5.41) is 14.5. The first kappa shape index (κ1) is 21.3. The molecule has 1 aliphatic rings. The van der Waals surface area contributed by atoms with E-state index in [0.717, 1.165) is 5.56 Å². The Morgan fingerprint density at radius 1 is 1.17 bits per heavy atom. The number of nitrogens with one attached hydrogen (secondary N) is 1. The van der Waals surface area contributed by atoms with E-state index in [1.54, 1.807) is 35.4 Å². The van der Waals surface area contributed by atoms with Gasteiger partial charge in [0.2, 0.25) is 5.91 Å². The van der Waals surface area contributed by atoms with Gasteiger partial charge in [0, 0.05) is 30.5 Å². The monoisotopic (exact) mass is 415 g/mol. The van der Waals surface area contributed by atoms with Crippen LogP contribution < -0.4 is 5.32 Å². The molecule has 0 bridgehead atoms. The molecule has 6 nitrogen and oxygen atoms in total. The smallest absolute Gasteiger partial charge is 0.253 e. The molecule has 1 aromatic heterocycles. The third-order valence-electron chi connectivity index (χ3n) is 5.43. The van der Waals surface area contributed by atoms with Crippen molar-refractivity contribution in [2.24, 2.45) is 5.92 Å². The van der Waals surface area contributed by atoms with E-state index in [1.165, 1.54) is 6.20 Å². The second kappa shape index (κ2) is 8.93. The van der Waals surface area contributed by atoms with Gasteiger partial charge < -0.3 is 15.3 Å². The van der Waals surface area contributed by atoms with Crippen LogP contribution in [-0.4, -0.2) is 45.9 Å². The third-order valence-corrected chi connectivity index (χ3v) is 5.68. The van der Waals surface area contributed by atoms with Crippen molar-refractivity contribution in [1.29, 1.82) is 0 Å². The summed E-state index contributed by atoms with van der Waals surface area (Å²) in [6.45, 7) is 4.65. The maximum atomic E-state index is 13.1. The van der Waals surface area contributed by atoms with Crippen molar-refractivity contribution < 1.29 is 14.7 Å². The minimum Gasteiger partial charge on any atom is -0.385 e. The van der Waals surface area contributed by atoms with Crippen molar-refractivity contribution in [3.05, 3.63) is 64.9 Å². The first-order chi connectivity index (χ1) is 13.8. The van der Waals surface area contributed by atoms with Crippen LogP contribution in [0.25, 0.3) is 0 Å². The van der Waals surface area contributed by atoms with E-state index < -0.39 is 11.6 Å². The fraction of sp³-hybridized carbons (Fsp3) is 0.409. The van der Waals surface area contributed by atoms with Gasteiger partial charge in [0.15, 0.2) is 0 Å². The molecule has 7 heteroatoms. The van der Waals surface area contributed by atoms with Crippen LogP contribution in [-0.2, 0) is 10.4 Å². The molecule has 1 aromatic carbocycles. The normalized spacial score (nSPS) is 17.1. The molecule has 0 radical (unpaired) electrons. The van der Waals surface area contributed by atoms with Crippen LogP contribution in [0.1, 0.15) is 42.6 Å². The molecule has 2 aromatic rings. The lowest BCUT2D eigenvalue weighted by Gasteiger charge is -2.40. The molecule has 154 valence electrons. The highest BCUT2D eigenvalue weighted by Crippen LogP contribution is 2.33. The Labute approximate surface area is 175 Å². The molecule has 2 N–H and O–H groups in total. The first-order valence-electron chi connectivity index (χ1n) is 9.78. The van der Waals surface area contributed by atoms with E-state index in [0.29, 0.717) is 36.5 Å². The molecule has 1 saturated heterocycles. The molecule has 2 amide bonds. The quantitative estimate of drug-likeness (QED) is 0.786. The van der Waals surface area contributed by atoms with Crippen molar-refractivity contribution in [3.8, 4) is 0 Å². The van der Waals surface area contributed by atoms with E-state index in [-0.39, 0.29) is 17.7 Å². The molecule has 3 rings (SSSR count). The Balaban J connectivity index is 1.65. The number of benzene rings is 1. The summed E-state index contributed by atoms with van der Waals surface area (Å²) < 4.78 is 0. The highest BCUT2D eigenvalue weighted by atomic mass is 35.5. The number of hydrogen-bond acceptors (Lipinski definition) is 4. The van der Waals surface area contributed by atoms with Gasteiger partial charge in [-0.1, -0.05) is 37.6 Å². The predicted octanol–water partition coefficient (Wildman–Crippen LogP) is 3.00. The Kier molecular flexibility index (Phi) is 6.55. The zero-order valence-corrected chi connectivity index (χ0v) is 17.4. The number of carbonyl (C=O) groups is 2. The van der Waals surface area contributed by atoms with Crippen LogP contribution >= 0.6 is 11.6 Å². The number of hydrogen-bond donors (Lipinski definition) is 2. The molecule has 1 atom stereocenters. The molecule has 0 spiro atoms. The average Bonchev–Trinajstić information content (AvgIpc) is 2.72. The van der Waals surface area contributed by atoms with Gasteiger partial charge in [0.1, 0.15) is 6.04 Å². The lowest BCUT2D eigenvalue weighted by molar-refractivity contribution is -0.138. The Bertz CT molecular complexity index is 847. The highest BCUT2D eigenvalue weighted by molar-refractivity contribution is 6.30. The number of halogens is 1. The number of aliphatic hydroxyl groups is 1. The number of aromatic nitrogens is 1. The molecule has 0 saturated carbocycles.